The highest BCUT2D eigenvalue weighted by Gasteiger charge is 2.73. The fraction of sp³-hybridized carbons (Fsp3) is 0.618. The SMILES string of the molecule is CC(C)C[C@H](CO)N1C(=O)[C@@H]2[C@H]3C(=O)N(c4ccccc4)CC=C[C@H]3O[C@@]23C=CCN(C(C)(C)CC(C)(C)C)C(=O)C13. The predicted octanol–water partition coefficient (Wildman–Crippen LogP) is 4.19. The molecule has 1 aromatic carbocycles. The molecular formula is C34H47N3O5. The first-order valence-corrected chi connectivity index (χ1v) is 15.3. The first kappa shape index (κ1) is 30.5. The van der Waals surface area contributed by atoms with Crippen molar-refractivity contribution in [2.45, 2.75) is 90.6 Å². The summed E-state index contributed by atoms with van der Waals surface area (Å²) in [5, 5.41) is 10.6. The molecule has 1 unspecified atom stereocenters. The topological polar surface area (TPSA) is 90.4 Å². The van der Waals surface area contributed by atoms with Crippen LogP contribution in [0.2, 0.25) is 0 Å². The third-order valence-electron chi connectivity index (χ3n) is 9.21. The van der Waals surface area contributed by atoms with Crippen molar-refractivity contribution in [1.82, 2.24) is 9.80 Å². The second kappa shape index (κ2) is 10.9. The van der Waals surface area contributed by atoms with Gasteiger partial charge in [0.2, 0.25) is 17.7 Å². The number of nitrogens with zero attached hydrogens (tertiary/aromatic N) is 3. The minimum absolute atomic E-state index is 0.0361. The Bertz CT molecular complexity index is 1270. The average molecular weight is 578 g/mol. The summed E-state index contributed by atoms with van der Waals surface area (Å²) in [7, 11) is 0. The van der Waals surface area contributed by atoms with Crippen molar-refractivity contribution in [3.8, 4) is 0 Å². The van der Waals surface area contributed by atoms with Crippen LogP contribution >= 0.6 is 0 Å². The van der Waals surface area contributed by atoms with Crippen molar-refractivity contribution in [3.63, 3.8) is 0 Å². The van der Waals surface area contributed by atoms with E-state index in [4.69, 9.17) is 4.74 Å². The molecule has 0 aliphatic carbocycles. The molecule has 4 heterocycles. The number of hydrogen-bond donors (Lipinski definition) is 1. The lowest BCUT2D eigenvalue weighted by molar-refractivity contribution is -0.154. The number of carbonyl (C=O) groups excluding carboxylic acids is 3. The highest BCUT2D eigenvalue weighted by molar-refractivity contribution is 6.04. The van der Waals surface area contributed by atoms with Gasteiger partial charge < -0.3 is 24.5 Å². The quantitative estimate of drug-likeness (QED) is 0.491. The molecule has 0 bridgehead atoms. The molecule has 2 fully saturated rings. The molecule has 1 aromatic rings. The summed E-state index contributed by atoms with van der Waals surface area (Å²) < 4.78 is 6.82. The molecule has 228 valence electrons. The van der Waals surface area contributed by atoms with Gasteiger partial charge in [0, 0.05) is 24.3 Å². The van der Waals surface area contributed by atoms with E-state index >= 15 is 0 Å². The number of aliphatic hydroxyl groups is 1. The molecule has 2 saturated heterocycles. The summed E-state index contributed by atoms with van der Waals surface area (Å²) in [4.78, 5) is 49.0. The van der Waals surface area contributed by atoms with E-state index in [0.717, 1.165) is 12.1 Å². The molecule has 0 radical (unpaired) electrons. The van der Waals surface area contributed by atoms with Crippen LogP contribution in [0.3, 0.4) is 0 Å². The van der Waals surface area contributed by atoms with Crippen molar-refractivity contribution < 1.29 is 24.2 Å². The number of rotatable bonds is 7. The van der Waals surface area contributed by atoms with E-state index in [1.54, 1.807) is 9.80 Å². The predicted molar refractivity (Wildman–Crippen MR) is 162 cm³/mol. The largest absolute Gasteiger partial charge is 0.394 e. The Hall–Kier alpha value is -2.97. The van der Waals surface area contributed by atoms with Gasteiger partial charge in [-0.15, -0.1) is 0 Å². The summed E-state index contributed by atoms with van der Waals surface area (Å²) in [6.45, 7) is 15.2. The second-order valence-corrected chi connectivity index (χ2v) is 14.7. The summed E-state index contributed by atoms with van der Waals surface area (Å²) in [5.41, 5.74) is -1.11. The first-order valence-electron chi connectivity index (χ1n) is 15.3. The van der Waals surface area contributed by atoms with Crippen molar-refractivity contribution in [3.05, 3.63) is 54.6 Å². The van der Waals surface area contributed by atoms with Crippen molar-refractivity contribution in [2.75, 3.05) is 24.6 Å². The molecular weight excluding hydrogens is 530 g/mol. The van der Waals surface area contributed by atoms with Crippen molar-refractivity contribution in [2.24, 2.45) is 23.2 Å². The number of aliphatic hydroxyl groups excluding tert-OH is 1. The minimum Gasteiger partial charge on any atom is -0.394 e. The van der Waals surface area contributed by atoms with Gasteiger partial charge in [-0.25, -0.2) is 0 Å². The van der Waals surface area contributed by atoms with Gasteiger partial charge in [-0.05, 0) is 50.2 Å². The summed E-state index contributed by atoms with van der Waals surface area (Å²) >= 11 is 0. The van der Waals surface area contributed by atoms with Crippen LogP contribution in [0.25, 0.3) is 0 Å². The Morgan fingerprint density at radius 1 is 0.976 bits per heavy atom. The van der Waals surface area contributed by atoms with Gasteiger partial charge in [-0.1, -0.05) is 77.1 Å². The zero-order valence-electron chi connectivity index (χ0n) is 26.1. The summed E-state index contributed by atoms with van der Waals surface area (Å²) in [6.07, 6.45) is 8.27. The number of anilines is 1. The Kier molecular flexibility index (Phi) is 7.94. The third-order valence-corrected chi connectivity index (χ3v) is 9.21. The average Bonchev–Trinajstić information content (AvgIpc) is 3.21. The van der Waals surface area contributed by atoms with E-state index in [2.05, 4.69) is 34.6 Å². The maximum Gasteiger partial charge on any atom is 0.249 e. The highest BCUT2D eigenvalue weighted by atomic mass is 16.5. The Balaban J connectivity index is 1.63. The second-order valence-electron chi connectivity index (χ2n) is 14.7. The number of likely N-dealkylation sites (tertiary alicyclic amines) is 1. The van der Waals surface area contributed by atoms with Gasteiger partial charge in [0.15, 0.2) is 0 Å². The molecule has 1 spiro atoms. The van der Waals surface area contributed by atoms with Crippen LogP contribution in [0, 0.1) is 23.2 Å². The lowest BCUT2D eigenvalue weighted by atomic mass is 9.77. The number of amides is 3. The molecule has 3 amide bonds. The minimum atomic E-state index is -1.32. The van der Waals surface area contributed by atoms with Crippen LogP contribution in [-0.2, 0) is 19.1 Å². The molecule has 8 heteroatoms. The van der Waals surface area contributed by atoms with Crippen LogP contribution in [0.4, 0.5) is 5.69 Å². The van der Waals surface area contributed by atoms with Crippen LogP contribution in [0.15, 0.2) is 54.6 Å². The van der Waals surface area contributed by atoms with E-state index in [1.165, 1.54) is 0 Å². The fourth-order valence-electron chi connectivity index (χ4n) is 8.07. The van der Waals surface area contributed by atoms with Crippen LogP contribution in [0.5, 0.6) is 0 Å². The maximum atomic E-state index is 14.8. The van der Waals surface area contributed by atoms with E-state index < -0.39 is 41.2 Å². The Labute approximate surface area is 250 Å². The molecule has 4 aliphatic heterocycles. The standard InChI is InChI=1S/C34H47N3O5/c1-22(2)19-24(20-38)37-28-31(41)36(33(6,7)21-32(3,4)5)18-12-16-34(28)27(30(37)40)26-25(42-34)15-11-17-35(29(26)39)23-13-9-8-10-14-23/h8-16,22,24-28,38H,17-21H2,1-7H3/t24-,25-,26+,27+,28?,34+/m1/s1. The number of para-hydroxylation sites is 1. The van der Waals surface area contributed by atoms with Crippen molar-refractivity contribution in [1.29, 1.82) is 0 Å². The summed E-state index contributed by atoms with van der Waals surface area (Å²) in [6, 6.07) is 7.89. The van der Waals surface area contributed by atoms with Crippen molar-refractivity contribution >= 4 is 23.4 Å². The molecule has 8 nitrogen and oxygen atoms in total. The van der Waals surface area contributed by atoms with Crippen LogP contribution in [-0.4, -0.2) is 81.7 Å². The molecule has 6 atom stereocenters. The lowest BCUT2D eigenvalue weighted by Gasteiger charge is -2.45. The molecule has 1 N–H and O–H groups in total. The van der Waals surface area contributed by atoms with Crippen LogP contribution in [0.1, 0.15) is 61.3 Å². The third kappa shape index (κ3) is 5.11. The zero-order valence-corrected chi connectivity index (χ0v) is 26.1. The molecule has 5 rings (SSSR count). The smallest absolute Gasteiger partial charge is 0.249 e. The normalized spacial score (nSPS) is 30.4. The monoisotopic (exact) mass is 577 g/mol. The van der Waals surface area contributed by atoms with Crippen LogP contribution < -0.4 is 4.90 Å². The number of hydrogen-bond acceptors (Lipinski definition) is 5. The molecule has 0 saturated carbocycles. The molecule has 0 aromatic heterocycles. The van der Waals surface area contributed by atoms with Gasteiger partial charge in [-0.2, -0.15) is 0 Å². The van der Waals surface area contributed by atoms with E-state index in [1.807, 2.05) is 73.4 Å². The maximum absolute atomic E-state index is 14.8. The van der Waals surface area contributed by atoms with Gasteiger partial charge in [0.25, 0.3) is 0 Å². The van der Waals surface area contributed by atoms with E-state index in [9.17, 15) is 19.5 Å². The lowest BCUT2D eigenvalue weighted by Crippen LogP contribution is -2.61. The van der Waals surface area contributed by atoms with E-state index in [-0.39, 0.29) is 35.7 Å². The Morgan fingerprint density at radius 2 is 1.67 bits per heavy atom. The highest BCUT2D eigenvalue weighted by Crippen LogP contribution is 2.55. The summed E-state index contributed by atoms with van der Waals surface area (Å²) in [5.74, 6) is -2.18. The number of carbonyl (C=O) groups is 3. The van der Waals surface area contributed by atoms with Gasteiger partial charge in [-0.3, -0.25) is 14.4 Å². The number of fused-ring (bicyclic) bond motifs is 2. The number of benzene rings is 1. The first-order chi connectivity index (χ1) is 19.7. The van der Waals surface area contributed by atoms with E-state index in [0.29, 0.717) is 19.5 Å². The number of ether oxygens (including phenoxy) is 1. The molecule has 4 aliphatic rings. The van der Waals surface area contributed by atoms with Gasteiger partial charge in [0.1, 0.15) is 11.6 Å². The fourth-order valence-corrected chi connectivity index (χ4v) is 8.07. The Morgan fingerprint density at radius 3 is 2.29 bits per heavy atom. The van der Waals surface area contributed by atoms with Gasteiger partial charge >= 0.3 is 0 Å². The van der Waals surface area contributed by atoms with Gasteiger partial charge in [0.05, 0.1) is 30.6 Å². The molecule has 42 heavy (non-hydrogen) atoms. The zero-order chi connectivity index (χ0) is 30.6.